The van der Waals surface area contributed by atoms with E-state index in [0.717, 1.165) is 5.69 Å². The summed E-state index contributed by atoms with van der Waals surface area (Å²) in [5.74, 6) is -0.396. The highest BCUT2D eigenvalue weighted by Crippen LogP contribution is 2.28. The molecule has 0 aliphatic carbocycles. The molecule has 0 atom stereocenters. The monoisotopic (exact) mass is 434 g/mol. The van der Waals surface area contributed by atoms with Gasteiger partial charge in [0.25, 0.3) is 5.91 Å². The fraction of sp³-hybridized carbons (Fsp3) is 0.316. The van der Waals surface area contributed by atoms with Crippen molar-refractivity contribution in [3.8, 4) is 5.75 Å². The molecule has 1 aliphatic rings. The van der Waals surface area contributed by atoms with Gasteiger partial charge in [0, 0.05) is 49.2 Å². The van der Waals surface area contributed by atoms with E-state index >= 15 is 0 Å². The summed E-state index contributed by atoms with van der Waals surface area (Å²) in [5, 5.41) is 13.8. The van der Waals surface area contributed by atoms with Crippen molar-refractivity contribution in [3.63, 3.8) is 0 Å². The molecule has 1 fully saturated rings. The number of nitro benzene ring substituents is 1. The van der Waals surface area contributed by atoms with Crippen LogP contribution in [0.15, 0.2) is 42.5 Å². The Hall–Kier alpha value is -3.18. The van der Waals surface area contributed by atoms with Gasteiger partial charge in [-0.05, 0) is 36.4 Å². The Bertz CT molecular complexity index is 1050. The molecule has 0 aromatic heterocycles. The number of sulfonamides is 1. The van der Waals surface area contributed by atoms with E-state index in [2.05, 4.69) is 10.2 Å². The molecule has 10 nitrogen and oxygen atoms in total. The molecule has 0 bridgehead atoms. The van der Waals surface area contributed by atoms with Gasteiger partial charge >= 0.3 is 5.69 Å². The van der Waals surface area contributed by atoms with Gasteiger partial charge in [0.05, 0.1) is 18.3 Å². The van der Waals surface area contributed by atoms with Crippen molar-refractivity contribution in [1.82, 2.24) is 4.31 Å². The summed E-state index contributed by atoms with van der Waals surface area (Å²) in [7, 11) is -1.86. The van der Waals surface area contributed by atoms with E-state index in [4.69, 9.17) is 4.74 Å². The number of carbonyl (C=O) groups is 1. The minimum absolute atomic E-state index is 0.0804. The molecule has 1 saturated heterocycles. The molecule has 0 spiro atoms. The number of nitrogens with zero attached hydrogens (tertiary/aromatic N) is 3. The lowest BCUT2D eigenvalue weighted by Crippen LogP contribution is -2.48. The molecule has 1 heterocycles. The Kier molecular flexibility index (Phi) is 6.22. The number of carbonyl (C=O) groups excluding carboxylic acids is 1. The molecule has 0 saturated carbocycles. The van der Waals surface area contributed by atoms with Crippen LogP contribution in [0.3, 0.4) is 0 Å². The predicted octanol–water partition coefficient (Wildman–Crippen LogP) is 1.94. The Morgan fingerprint density at radius 3 is 2.27 bits per heavy atom. The second kappa shape index (κ2) is 8.67. The summed E-state index contributed by atoms with van der Waals surface area (Å²) < 4.78 is 29.6. The van der Waals surface area contributed by atoms with E-state index in [-0.39, 0.29) is 17.0 Å². The van der Waals surface area contributed by atoms with Crippen LogP contribution in [0, 0.1) is 10.1 Å². The molecule has 2 aromatic carbocycles. The first-order chi connectivity index (χ1) is 14.2. The second-order valence-electron chi connectivity index (χ2n) is 6.79. The Morgan fingerprint density at radius 2 is 1.73 bits per heavy atom. The van der Waals surface area contributed by atoms with Gasteiger partial charge in [-0.1, -0.05) is 0 Å². The SMILES string of the molecule is COc1ccc(C(=O)Nc2ccc(N3CCN(S(C)(=O)=O)CC3)cc2)cc1[N+](=O)[O-]. The molecule has 1 amide bonds. The standard InChI is InChI=1S/C19H22N4O6S/c1-29-18-8-3-14(13-17(18)23(25)26)19(24)20-15-4-6-16(7-5-15)21-9-11-22(12-10-21)30(2,27)28/h3-8,13H,9-12H2,1-2H3,(H,20,24). The number of piperazine rings is 1. The summed E-state index contributed by atoms with van der Waals surface area (Å²) >= 11 is 0. The molecule has 160 valence electrons. The van der Waals surface area contributed by atoms with E-state index in [1.807, 2.05) is 12.1 Å². The van der Waals surface area contributed by atoms with Crippen molar-refractivity contribution >= 4 is 33.0 Å². The quantitative estimate of drug-likeness (QED) is 0.544. The van der Waals surface area contributed by atoms with Crippen LogP contribution in [0.2, 0.25) is 0 Å². The van der Waals surface area contributed by atoms with Crippen LogP contribution in [0.5, 0.6) is 5.75 Å². The van der Waals surface area contributed by atoms with Crippen molar-refractivity contribution < 1.29 is 22.9 Å². The van der Waals surface area contributed by atoms with Crippen LogP contribution < -0.4 is 15.0 Å². The number of anilines is 2. The summed E-state index contributed by atoms with van der Waals surface area (Å²) in [6.07, 6.45) is 1.21. The Morgan fingerprint density at radius 1 is 1.10 bits per heavy atom. The van der Waals surface area contributed by atoms with Crippen LogP contribution in [0.25, 0.3) is 0 Å². The molecule has 0 unspecified atom stereocenters. The van der Waals surface area contributed by atoms with Gasteiger partial charge in [0.2, 0.25) is 10.0 Å². The number of ether oxygens (including phenoxy) is 1. The predicted molar refractivity (Wildman–Crippen MR) is 113 cm³/mol. The number of amides is 1. The molecular weight excluding hydrogens is 412 g/mol. The number of rotatable bonds is 6. The molecule has 1 N–H and O–H groups in total. The maximum absolute atomic E-state index is 12.5. The first kappa shape index (κ1) is 21.5. The van der Waals surface area contributed by atoms with Crippen molar-refractivity contribution in [2.45, 2.75) is 0 Å². The maximum atomic E-state index is 12.5. The van der Waals surface area contributed by atoms with Gasteiger partial charge in [-0.2, -0.15) is 4.31 Å². The zero-order valence-electron chi connectivity index (χ0n) is 16.6. The first-order valence-corrected chi connectivity index (χ1v) is 11.0. The summed E-state index contributed by atoms with van der Waals surface area (Å²) in [6, 6.07) is 11.1. The highest BCUT2D eigenvalue weighted by atomic mass is 32.2. The first-order valence-electron chi connectivity index (χ1n) is 9.13. The number of methoxy groups -OCH3 is 1. The van der Waals surface area contributed by atoms with Gasteiger partial charge in [-0.25, -0.2) is 8.42 Å². The van der Waals surface area contributed by atoms with E-state index in [0.29, 0.717) is 31.9 Å². The number of nitro groups is 1. The van der Waals surface area contributed by atoms with E-state index in [1.165, 1.54) is 35.9 Å². The zero-order chi connectivity index (χ0) is 21.9. The topological polar surface area (TPSA) is 122 Å². The molecule has 2 aromatic rings. The lowest BCUT2D eigenvalue weighted by Gasteiger charge is -2.34. The lowest BCUT2D eigenvalue weighted by atomic mass is 10.1. The van der Waals surface area contributed by atoms with E-state index in [1.54, 1.807) is 12.1 Å². The summed E-state index contributed by atoms with van der Waals surface area (Å²) in [6.45, 7) is 2.00. The molecule has 1 aliphatic heterocycles. The number of hydrogen-bond donors (Lipinski definition) is 1. The summed E-state index contributed by atoms with van der Waals surface area (Å²) in [5.41, 5.74) is 1.32. The van der Waals surface area contributed by atoms with Crippen LogP contribution in [0.4, 0.5) is 17.1 Å². The highest BCUT2D eigenvalue weighted by Gasteiger charge is 2.23. The average molecular weight is 434 g/mol. The van der Waals surface area contributed by atoms with Crippen LogP contribution in [-0.4, -0.2) is 63.1 Å². The average Bonchev–Trinajstić information content (AvgIpc) is 2.73. The number of nitrogens with one attached hydrogen (secondary N) is 1. The van der Waals surface area contributed by atoms with Gasteiger partial charge in [0.15, 0.2) is 5.75 Å². The molecule has 0 radical (unpaired) electrons. The van der Waals surface area contributed by atoms with Crippen molar-refractivity contribution in [3.05, 3.63) is 58.1 Å². The third-order valence-electron chi connectivity index (χ3n) is 4.84. The third-order valence-corrected chi connectivity index (χ3v) is 6.14. The maximum Gasteiger partial charge on any atom is 0.311 e. The zero-order valence-corrected chi connectivity index (χ0v) is 17.4. The van der Waals surface area contributed by atoms with Crippen molar-refractivity contribution in [2.24, 2.45) is 0 Å². The smallest absolute Gasteiger partial charge is 0.311 e. The van der Waals surface area contributed by atoms with Crippen LogP contribution in [0.1, 0.15) is 10.4 Å². The molecule has 11 heteroatoms. The van der Waals surface area contributed by atoms with E-state index < -0.39 is 20.9 Å². The Labute approximate surface area is 174 Å². The van der Waals surface area contributed by atoms with Crippen LogP contribution in [-0.2, 0) is 10.0 Å². The third kappa shape index (κ3) is 4.86. The lowest BCUT2D eigenvalue weighted by molar-refractivity contribution is -0.385. The minimum atomic E-state index is -3.18. The second-order valence-corrected chi connectivity index (χ2v) is 8.78. The molecule has 30 heavy (non-hydrogen) atoms. The van der Waals surface area contributed by atoms with Crippen molar-refractivity contribution in [2.75, 3.05) is 49.8 Å². The fourth-order valence-corrected chi connectivity index (χ4v) is 4.04. The molecular formula is C19H22N4O6S. The highest BCUT2D eigenvalue weighted by molar-refractivity contribution is 7.88. The van der Waals surface area contributed by atoms with Gasteiger partial charge < -0.3 is 15.0 Å². The largest absolute Gasteiger partial charge is 0.490 e. The number of benzene rings is 2. The van der Waals surface area contributed by atoms with Crippen LogP contribution >= 0.6 is 0 Å². The normalized spacial score (nSPS) is 14.9. The summed E-state index contributed by atoms with van der Waals surface area (Å²) in [4.78, 5) is 25.1. The minimum Gasteiger partial charge on any atom is -0.490 e. The number of hydrogen-bond acceptors (Lipinski definition) is 7. The van der Waals surface area contributed by atoms with Gasteiger partial charge in [0.1, 0.15) is 0 Å². The van der Waals surface area contributed by atoms with Gasteiger partial charge in [-0.15, -0.1) is 0 Å². The Balaban J connectivity index is 1.66. The van der Waals surface area contributed by atoms with Gasteiger partial charge in [-0.3, -0.25) is 14.9 Å². The molecule has 3 rings (SSSR count). The fourth-order valence-electron chi connectivity index (χ4n) is 3.21. The van der Waals surface area contributed by atoms with Crippen molar-refractivity contribution in [1.29, 1.82) is 0 Å². The van der Waals surface area contributed by atoms with E-state index in [9.17, 15) is 23.3 Å².